The minimum absolute atomic E-state index is 0.369. The van der Waals surface area contributed by atoms with Gasteiger partial charge in [-0.1, -0.05) is 0 Å². The third-order valence-corrected chi connectivity index (χ3v) is 2.91. The number of hydrogen-bond donors (Lipinski definition) is 1. The number of imidazole rings is 1. The van der Waals surface area contributed by atoms with Crippen LogP contribution in [0.15, 0.2) is 9.59 Å². The van der Waals surface area contributed by atoms with Gasteiger partial charge in [0.2, 0.25) is 5.95 Å². The topological polar surface area (TPSA) is 85.2 Å². The van der Waals surface area contributed by atoms with Crippen molar-refractivity contribution in [1.82, 2.24) is 19.1 Å². The Hall–Kier alpha value is -2.09. The molecule has 0 radical (unpaired) electrons. The fraction of sp³-hybridized carbons (Fsp3) is 0.545. The van der Waals surface area contributed by atoms with E-state index in [-0.39, 0.29) is 0 Å². The molecule has 2 rings (SSSR count). The van der Waals surface area contributed by atoms with Crippen molar-refractivity contribution in [3.05, 3.63) is 20.8 Å². The lowest BCUT2D eigenvalue weighted by Gasteiger charge is -2.13. The molecule has 0 amide bonds. The summed E-state index contributed by atoms with van der Waals surface area (Å²) >= 11 is 0. The summed E-state index contributed by atoms with van der Waals surface area (Å²) in [5.74, 6) is 0.610. The smallest absolute Gasteiger partial charge is 0.329 e. The fourth-order valence-corrected chi connectivity index (χ4v) is 1.96. The summed E-state index contributed by atoms with van der Waals surface area (Å²) in [6, 6.07) is 0. The van der Waals surface area contributed by atoms with Crippen molar-refractivity contribution in [2.24, 2.45) is 7.05 Å². The van der Waals surface area contributed by atoms with E-state index < -0.39 is 11.2 Å². The summed E-state index contributed by atoms with van der Waals surface area (Å²) in [5.41, 5.74) is -0.162. The highest BCUT2D eigenvalue weighted by Crippen LogP contribution is 2.16. The molecule has 8 heteroatoms. The Kier molecular flexibility index (Phi) is 3.43. The Morgan fingerprint density at radius 3 is 2.63 bits per heavy atom. The van der Waals surface area contributed by atoms with Crippen molar-refractivity contribution in [3.8, 4) is 0 Å². The number of anilines is 1. The van der Waals surface area contributed by atoms with Crippen molar-refractivity contribution in [2.75, 3.05) is 32.7 Å². The second kappa shape index (κ2) is 4.88. The maximum atomic E-state index is 12.0. The molecule has 8 nitrogen and oxygen atoms in total. The molecule has 1 N–H and O–H groups in total. The summed E-state index contributed by atoms with van der Waals surface area (Å²) < 4.78 is 8.12. The van der Waals surface area contributed by atoms with Crippen LogP contribution in [0.25, 0.3) is 11.2 Å². The van der Waals surface area contributed by atoms with Gasteiger partial charge in [0, 0.05) is 34.8 Å². The molecule has 2 aromatic heterocycles. The number of aromatic nitrogens is 4. The van der Waals surface area contributed by atoms with E-state index in [0.717, 1.165) is 0 Å². The van der Waals surface area contributed by atoms with E-state index >= 15 is 0 Å². The lowest BCUT2D eigenvalue weighted by atomic mass is 10.5. The maximum absolute atomic E-state index is 12.0. The molecule has 0 atom stereocenters. The molecule has 0 spiro atoms. The van der Waals surface area contributed by atoms with E-state index in [4.69, 9.17) is 4.74 Å². The zero-order valence-electron chi connectivity index (χ0n) is 11.4. The zero-order chi connectivity index (χ0) is 14.2. The zero-order valence-corrected chi connectivity index (χ0v) is 11.4. The number of methoxy groups -OCH3 is 1. The second-order valence-electron chi connectivity index (χ2n) is 4.44. The van der Waals surface area contributed by atoms with E-state index in [1.807, 2.05) is 14.1 Å². The molecule has 0 aliphatic carbocycles. The van der Waals surface area contributed by atoms with Gasteiger partial charge >= 0.3 is 5.69 Å². The molecule has 0 fully saturated rings. The van der Waals surface area contributed by atoms with E-state index in [0.29, 0.717) is 30.3 Å². The Morgan fingerprint density at radius 2 is 2.05 bits per heavy atom. The van der Waals surface area contributed by atoms with Crippen molar-refractivity contribution in [3.63, 3.8) is 0 Å². The number of rotatable bonds is 4. The average Bonchev–Trinajstić information content (AvgIpc) is 2.73. The average molecular weight is 267 g/mol. The number of hydrogen-bond acceptors (Lipinski definition) is 5. The molecular weight excluding hydrogens is 250 g/mol. The highest BCUT2D eigenvalue weighted by atomic mass is 16.5. The number of nitrogens with one attached hydrogen (secondary N) is 1. The van der Waals surface area contributed by atoms with E-state index in [1.54, 1.807) is 23.6 Å². The molecule has 0 bridgehead atoms. The van der Waals surface area contributed by atoms with E-state index in [9.17, 15) is 9.59 Å². The highest BCUT2D eigenvalue weighted by Gasteiger charge is 2.17. The van der Waals surface area contributed by atoms with Gasteiger partial charge in [-0.25, -0.2) is 4.79 Å². The third-order valence-electron chi connectivity index (χ3n) is 2.91. The molecule has 2 aromatic rings. The Labute approximate surface area is 109 Å². The number of ether oxygens (including phenoxy) is 1. The van der Waals surface area contributed by atoms with E-state index in [1.165, 1.54) is 4.57 Å². The summed E-state index contributed by atoms with van der Waals surface area (Å²) in [7, 11) is 6.83. The number of nitrogens with zero attached hydrogens (tertiary/aromatic N) is 4. The van der Waals surface area contributed by atoms with Gasteiger partial charge < -0.3 is 14.2 Å². The van der Waals surface area contributed by atoms with Crippen molar-refractivity contribution < 1.29 is 4.74 Å². The molecule has 104 valence electrons. The van der Waals surface area contributed by atoms with Gasteiger partial charge in [-0.3, -0.25) is 14.3 Å². The SMILES string of the molecule is COCCn1c(N(C)C)nc2c1c(=O)[nH]c(=O)n2C. The van der Waals surface area contributed by atoms with Gasteiger partial charge in [-0.15, -0.1) is 0 Å². The van der Waals surface area contributed by atoms with Crippen LogP contribution in [0.1, 0.15) is 0 Å². The van der Waals surface area contributed by atoms with Crippen LogP contribution >= 0.6 is 0 Å². The van der Waals surface area contributed by atoms with Crippen LogP contribution in [0, 0.1) is 0 Å². The molecule has 0 saturated carbocycles. The van der Waals surface area contributed by atoms with E-state index in [2.05, 4.69) is 9.97 Å². The predicted molar refractivity (Wildman–Crippen MR) is 71.8 cm³/mol. The van der Waals surface area contributed by atoms with Gasteiger partial charge in [-0.2, -0.15) is 4.98 Å². The van der Waals surface area contributed by atoms with Crippen LogP contribution in [0.4, 0.5) is 5.95 Å². The maximum Gasteiger partial charge on any atom is 0.329 e. The van der Waals surface area contributed by atoms with Crippen LogP contribution in [0.2, 0.25) is 0 Å². The lowest BCUT2D eigenvalue weighted by Crippen LogP contribution is -2.29. The number of H-pyrrole nitrogens is 1. The molecule has 2 heterocycles. The highest BCUT2D eigenvalue weighted by molar-refractivity contribution is 5.74. The molecule has 0 aromatic carbocycles. The molecule has 0 unspecified atom stereocenters. The summed E-state index contributed by atoms with van der Waals surface area (Å²) in [6.07, 6.45) is 0. The first-order chi connectivity index (χ1) is 8.97. The van der Waals surface area contributed by atoms with Crippen LogP contribution in [-0.4, -0.2) is 46.9 Å². The predicted octanol–water partition coefficient (Wildman–Crippen LogP) is -0.864. The largest absolute Gasteiger partial charge is 0.383 e. The first-order valence-electron chi connectivity index (χ1n) is 5.83. The van der Waals surface area contributed by atoms with Gasteiger partial charge in [-0.05, 0) is 0 Å². The molecule has 0 saturated heterocycles. The van der Waals surface area contributed by atoms with Crippen molar-refractivity contribution in [2.45, 2.75) is 6.54 Å². The van der Waals surface area contributed by atoms with Gasteiger partial charge in [0.15, 0.2) is 11.2 Å². The Morgan fingerprint density at radius 1 is 1.37 bits per heavy atom. The first-order valence-corrected chi connectivity index (χ1v) is 5.83. The van der Waals surface area contributed by atoms with Crippen LogP contribution in [0.3, 0.4) is 0 Å². The Balaban J connectivity index is 2.82. The third kappa shape index (κ3) is 2.14. The second-order valence-corrected chi connectivity index (χ2v) is 4.44. The quantitative estimate of drug-likeness (QED) is 0.779. The van der Waals surface area contributed by atoms with Gasteiger partial charge in [0.05, 0.1) is 6.61 Å². The summed E-state index contributed by atoms with van der Waals surface area (Å²) in [6.45, 7) is 0.941. The first kappa shape index (κ1) is 13.3. The van der Waals surface area contributed by atoms with Gasteiger partial charge in [0.1, 0.15) is 0 Å². The fourth-order valence-electron chi connectivity index (χ4n) is 1.96. The van der Waals surface area contributed by atoms with Crippen LogP contribution < -0.4 is 16.1 Å². The lowest BCUT2D eigenvalue weighted by molar-refractivity contribution is 0.188. The molecule has 0 aliphatic heterocycles. The minimum atomic E-state index is -0.473. The number of fused-ring (bicyclic) bond motifs is 1. The van der Waals surface area contributed by atoms with Crippen LogP contribution in [-0.2, 0) is 18.3 Å². The standard InChI is InChI=1S/C11H17N5O3/c1-14(2)10-12-8-7(16(10)5-6-19-4)9(17)13-11(18)15(8)3/h5-6H2,1-4H3,(H,13,17,18). The minimum Gasteiger partial charge on any atom is -0.383 e. The van der Waals surface area contributed by atoms with Gasteiger partial charge in [0.25, 0.3) is 5.56 Å². The monoisotopic (exact) mass is 267 g/mol. The summed E-state index contributed by atoms with van der Waals surface area (Å²) in [5, 5.41) is 0. The van der Waals surface area contributed by atoms with Crippen molar-refractivity contribution >= 4 is 17.1 Å². The molecular formula is C11H17N5O3. The number of aromatic amines is 1. The Bertz CT molecular complexity index is 709. The molecule has 0 aliphatic rings. The van der Waals surface area contributed by atoms with Crippen molar-refractivity contribution in [1.29, 1.82) is 0 Å². The summed E-state index contributed by atoms with van der Waals surface area (Å²) in [4.78, 5) is 32.0. The van der Waals surface area contributed by atoms with Crippen LogP contribution in [0.5, 0.6) is 0 Å². The number of aryl methyl sites for hydroxylation is 1. The normalized spacial score (nSPS) is 11.2. The molecule has 19 heavy (non-hydrogen) atoms.